The predicted octanol–water partition coefficient (Wildman–Crippen LogP) is 3.78. The smallest absolute Gasteiger partial charge is 0.138 e. The lowest BCUT2D eigenvalue weighted by atomic mass is 10.1. The van der Waals surface area contributed by atoms with Gasteiger partial charge in [-0.2, -0.15) is 10.5 Å². The number of H-pyrrole nitrogens is 1. The highest BCUT2D eigenvalue weighted by Crippen LogP contribution is 2.37. The van der Waals surface area contributed by atoms with Gasteiger partial charge in [0.25, 0.3) is 0 Å². The van der Waals surface area contributed by atoms with E-state index in [1.807, 2.05) is 41.8 Å². The van der Waals surface area contributed by atoms with Crippen LogP contribution in [0.3, 0.4) is 0 Å². The van der Waals surface area contributed by atoms with E-state index in [1.165, 1.54) is 0 Å². The van der Waals surface area contributed by atoms with Crippen LogP contribution in [0.15, 0.2) is 35.2 Å². The molecule has 5 heteroatoms. The molecule has 0 saturated carbocycles. The fraction of sp³-hybridized carbons (Fsp3) is 0. The van der Waals surface area contributed by atoms with E-state index in [0.717, 1.165) is 17.3 Å². The molecule has 1 aromatic carbocycles. The lowest BCUT2D eigenvalue weighted by Crippen LogP contribution is -1.79. The molecule has 1 heterocycles. The number of thiocyanates is 1. The maximum Gasteiger partial charge on any atom is 0.138 e. The lowest BCUT2D eigenvalue weighted by Gasteiger charge is -1.99. The number of hydrogen-bond acceptors (Lipinski definition) is 3. The van der Waals surface area contributed by atoms with Crippen molar-refractivity contribution in [2.45, 2.75) is 4.90 Å². The van der Waals surface area contributed by atoms with Gasteiger partial charge in [0.1, 0.15) is 22.2 Å². The number of aromatic amines is 1. The summed E-state index contributed by atoms with van der Waals surface area (Å²) in [5, 5.41) is 20.0. The Hall–Kier alpha value is -1.88. The first kappa shape index (κ1) is 11.6. The van der Waals surface area contributed by atoms with E-state index >= 15 is 0 Å². The van der Waals surface area contributed by atoms with Gasteiger partial charge in [-0.05, 0) is 17.3 Å². The average molecular weight is 260 g/mol. The second-order valence-corrected chi connectivity index (χ2v) is 4.36. The predicted molar refractivity (Wildman–Crippen MR) is 67.4 cm³/mol. The summed E-state index contributed by atoms with van der Waals surface area (Å²) in [6.45, 7) is 0. The second kappa shape index (κ2) is 4.97. The minimum absolute atomic E-state index is 0.268. The van der Waals surface area contributed by atoms with Gasteiger partial charge >= 0.3 is 0 Å². The van der Waals surface area contributed by atoms with E-state index in [-0.39, 0.29) is 5.15 Å². The molecular weight excluding hydrogens is 254 g/mol. The van der Waals surface area contributed by atoms with Crippen LogP contribution in [0.1, 0.15) is 5.56 Å². The molecule has 0 aliphatic carbocycles. The first-order valence-corrected chi connectivity index (χ1v) is 5.90. The molecule has 0 aliphatic rings. The molecule has 1 N–H and O–H groups in total. The Labute approximate surface area is 108 Å². The van der Waals surface area contributed by atoms with E-state index in [1.54, 1.807) is 0 Å². The number of nitriles is 2. The number of benzene rings is 1. The van der Waals surface area contributed by atoms with E-state index in [2.05, 4.69) is 4.98 Å². The van der Waals surface area contributed by atoms with Gasteiger partial charge in [0.15, 0.2) is 0 Å². The molecule has 2 aromatic rings. The van der Waals surface area contributed by atoms with Crippen molar-refractivity contribution in [2.75, 3.05) is 0 Å². The highest BCUT2D eigenvalue weighted by molar-refractivity contribution is 8.03. The number of hydrogen-bond donors (Lipinski definition) is 1. The van der Waals surface area contributed by atoms with Crippen molar-refractivity contribution in [3.63, 3.8) is 0 Å². The Morgan fingerprint density at radius 1 is 1.18 bits per heavy atom. The molecule has 0 saturated heterocycles. The molecule has 0 spiro atoms. The van der Waals surface area contributed by atoms with Crippen molar-refractivity contribution in [3.05, 3.63) is 41.0 Å². The number of aromatic nitrogens is 1. The molecule has 17 heavy (non-hydrogen) atoms. The minimum atomic E-state index is 0.268. The highest BCUT2D eigenvalue weighted by atomic mass is 35.5. The lowest BCUT2D eigenvalue weighted by molar-refractivity contribution is 1.37. The largest absolute Gasteiger partial charge is 0.344 e. The summed E-state index contributed by atoms with van der Waals surface area (Å²) in [4.78, 5) is 3.51. The highest BCUT2D eigenvalue weighted by Gasteiger charge is 2.17. The van der Waals surface area contributed by atoms with Crippen molar-refractivity contribution >= 4 is 23.4 Å². The zero-order valence-corrected chi connectivity index (χ0v) is 10.1. The molecule has 3 nitrogen and oxygen atoms in total. The molecule has 0 amide bonds. The molecule has 1 aromatic heterocycles. The van der Waals surface area contributed by atoms with E-state index < -0.39 is 0 Å². The van der Waals surface area contributed by atoms with Crippen LogP contribution in [0.4, 0.5) is 0 Å². The van der Waals surface area contributed by atoms with E-state index in [0.29, 0.717) is 16.2 Å². The van der Waals surface area contributed by atoms with Crippen LogP contribution in [0.25, 0.3) is 11.3 Å². The second-order valence-electron chi connectivity index (χ2n) is 3.19. The van der Waals surface area contributed by atoms with Crippen LogP contribution in [0.5, 0.6) is 0 Å². The van der Waals surface area contributed by atoms with Gasteiger partial charge in [-0.25, -0.2) is 0 Å². The number of nitrogens with one attached hydrogen (secondary N) is 1. The van der Waals surface area contributed by atoms with Crippen LogP contribution in [-0.2, 0) is 0 Å². The molecule has 0 aliphatic heterocycles. The van der Waals surface area contributed by atoms with Crippen LogP contribution in [-0.4, -0.2) is 4.98 Å². The fourth-order valence-electron chi connectivity index (χ4n) is 1.51. The molecule has 0 atom stereocenters. The van der Waals surface area contributed by atoms with Gasteiger partial charge < -0.3 is 4.98 Å². The molecule has 0 fully saturated rings. The third-order valence-corrected chi connectivity index (χ3v) is 3.22. The maximum absolute atomic E-state index is 9.01. The third-order valence-electron chi connectivity index (χ3n) is 2.23. The van der Waals surface area contributed by atoms with E-state index in [9.17, 15) is 0 Å². The number of nitrogens with zero attached hydrogens (tertiary/aromatic N) is 2. The summed E-state index contributed by atoms with van der Waals surface area (Å²) in [5.41, 5.74) is 1.92. The summed E-state index contributed by atoms with van der Waals surface area (Å²) in [7, 11) is 0. The summed E-state index contributed by atoms with van der Waals surface area (Å²) in [6, 6.07) is 11.5. The Morgan fingerprint density at radius 3 is 2.47 bits per heavy atom. The zero-order chi connectivity index (χ0) is 12.3. The quantitative estimate of drug-likeness (QED) is 0.659. The van der Waals surface area contributed by atoms with E-state index in [4.69, 9.17) is 22.1 Å². The van der Waals surface area contributed by atoms with Crippen molar-refractivity contribution in [2.24, 2.45) is 0 Å². The maximum atomic E-state index is 9.01. The molecule has 0 bridgehead atoms. The van der Waals surface area contributed by atoms with Crippen LogP contribution in [0.2, 0.25) is 5.15 Å². The zero-order valence-electron chi connectivity index (χ0n) is 8.57. The Kier molecular flexibility index (Phi) is 3.39. The summed E-state index contributed by atoms with van der Waals surface area (Å²) in [6.07, 6.45) is 0. The van der Waals surface area contributed by atoms with Crippen LogP contribution < -0.4 is 0 Å². The summed E-state index contributed by atoms with van der Waals surface area (Å²) in [5.74, 6) is 0. The summed E-state index contributed by atoms with van der Waals surface area (Å²) >= 11 is 6.87. The van der Waals surface area contributed by atoms with Crippen molar-refractivity contribution in [1.82, 2.24) is 4.98 Å². The normalized spacial score (nSPS) is 9.59. The molecular formula is C12H6ClN3S. The first-order valence-electron chi connectivity index (χ1n) is 4.71. The summed E-state index contributed by atoms with van der Waals surface area (Å²) < 4.78 is 0. The number of thioether (sulfide) groups is 1. The number of halogens is 1. The number of rotatable bonds is 2. The SMILES string of the molecule is N#CSc1c(-c2ccccc2)[nH]c(Cl)c1C#N. The van der Waals surface area contributed by atoms with Crippen LogP contribution in [0, 0.1) is 22.0 Å². The van der Waals surface area contributed by atoms with Crippen molar-refractivity contribution in [1.29, 1.82) is 10.5 Å². The van der Waals surface area contributed by atoms with Crippen LogP contribution >= 0.6 is 23.4 Å². The van der Waals surface area contributed by atoms with Gasteiger partial charge in [-0.1, -0.05) is 41.9 Å². The van der Waals surface area contributed by atoms with Crippen molar-refractivity contribution in [3.8, 4) is 22.7 Å². The first-order chi connectivity index (χ1) is 8.27. The topological polar surface area (TPSA) is 63.4 Å². The average Bonchev–Trinajstić information content (AvgIpc) is 2.67. The minimum Gasteiger partial charge on any atom is -0.344 e. The van der Waals surface area contributed by atoms with Gasteiger partial charge in [-0.3, -0.25) is 0 Å². The molecule has 82 valence electrons. The Balaban J connectivity index is 2.64. The Morgan fingerprint density at radius 2 is 1.88 bits per heavy atom. The Bertz CT molecular complexity index is 620. The van der Waals surface area contributed by atoms with Gasteiger partial charge in [0.2, 0.25) is 0 Å². The monoisotopic (exact) mass is 259 g/mol. The fourth-order valence-corrected chi connectivity index (χ4v) is 2.41. The molecule has 2 rings (SSSR count). The molecule has 0 radical (unpaired) electrons. The van der Waals surface area contributed by atoms with Gasteiger partial charge in [-0.15, -0.1) is 0 Å². The van der Waals surface area contributed by atoms with Crippen molar-refractivity contribution < 1.29 is 0 Å². The third kappa shape index (κ3) is 2.14. The standard InChI is InChI=1S/C12H6ClN3S/c13-12-9(6-14)11(17-7-15)10(16-12)8-4-2-1-3-5-8/h1-5,16H. The van der Waals surface area contributed by atoms with Gasteiger partial charge in [0, 0.05) is 0 Å². The van der Waals surface area contributed by atoms with Gasteiger partial charge in [0.05, 0.1) is 10.6 Å². The molecule has 0 unspecified atom stereocenters.